The molecule has 0 aliphatic heterocycles. The second-order valence-electron chi connectivity index (χ2n) is 10.6. The van der Waals surface area contributed by atoms with Crippen molar-refractivity contribution in [2.75, 3.05) is 0 Å². The van der Waals surface area contributed by atoms with Crippen LogP contribution in [-0.4, -0.2) is 27.4 Å². The van der Waals surface area contributed by atoms with Crippen LogP contribution in [0.4, 0.5) is 0 Å². The topological polar surface area (TPSA) is 53.4 Å². The van der Waals surface area contributed by atoms with E-state index >= 15 is 0 Å². The molecule has 3 saturated carbocycles. The number of halogens is 1. The summed E-state index contributed by atoms with van der Waals surface area (Å²) in [6.45, 7) is 7.03. The van der Waals surface area contributed by atoms with Crippen molar-refractivity contribution in [3.63, 3.8) is 0 Å². The number of pyridine rings is 1. The summed E-state index contributed by atoms with van der Waals surface area (Å²) < 4.78 is 0. The fraction of sp³-hybridized carbons (Fsp3) is 0.783. The zero-order valence-electron chi connectivity index (χ0n) is 16.7. The van der Waals surface area contributed by atoms with Gasteiger partial charge >= 0.3 is 0 Å². The van der Waals surface area contributed by atoms with Crippen LogP contribution < -0.4 is 0 Å². The van der Waals surface area contributed by atoms with Crippen molar-refractivity contribution in [1.82, 2.24) is 4.98 Å². The molecule has 0 saturated heterocycles. The normalized spacial score (nSPS) is 51.1. The van der Waals surface area contributed by atoms with E-state index < -0.39 is 12.2 Å². The van der Waals surface area contributed by atoms with E-state index in [4.69, 9.17) is 16.6 Å². The maximum Gasteiger partial charge on any atom is 0.129 e. The Morgan fingerprint density at radius 3 is 2.59 bits per heavy atom. The summed E-state index contributed by atoms with van der Waals surface area (Å²) in [4.78, 5) is 4.72. The minimum Gasteiger partial charge on any atom is -0.390 e. The molecule has 1 aromatic heterocycles. The molecular formula is C23H32ClNO2. The third kappa shape index (κ3) is 2.37. The lowest BCUT2D eigenvalue weighted by Gasteiger charge is -2.63. The summed E-state index contributed by atoms with van der Waals surface area (Å²) in [6.07, 6.45) is 5.46. The molecule has 1 heterocycles. The van der Waals surface area contributed by atoms with Gasteiger partial charge in [-0.3, -0.25) is 0 Å². The lowest BCUT2D eigenvalue weighted by molar-refractivity contribution is -0.210. The van der Waals surface area contributed by atoms with Gasteiger partial charge in [-0.15, -0.1) is 0 Å². The minimum absolute atomic E-state index is 0.0345. The van der Waals surface area contributed by atoms with Crippen molar-refractivity contribution in [3.05, 3.63) is 28.5 Å². The van der Waals surface area contributed by atoms with E-state index in [-0.39, 0.29) is 22.7 Å². The molecule has 5 rings (SSSR count). The van der Waals surface area contributed by atoms with E-state index in [1.54, 1.807) is 0 Å². The SMILES string of the molecule is C[C@H]1CC[C@@]2(C)[C@H](C1)[C@@H](O)[C@H](O)C1[C@@H]2CC[C@]2(C)c3nc(Cl)ccc3C[C@@H]12. The molecule has 0 spiro atoms. The Bertz CT molecular complexity index is 769. The summed E-state index contributed by atoms with van der Waals surface area (Å²) in [5.41, 5.74) is 2.55. The smallest absolute Gasteiger partial charge is 0.129 e. The van der Waals surface area contributed by atoms with E-state index in [2.05, 4.69) is 26.8 Å². The molecular weight excluding hydrogens is 358 g/mol. The fourth-order valence-corrected chi connectivity index (χ4v) is 7.97. The molecule has 0 aromatic carbocycles. The molecule has 27 heavy (non-hydrogen) atoms. The van der Waals surface area contributed by atoms with Crippen molar-refractivity contribution in [3.8, 4) is 0 Å². The van der Waals surface area contributed by atoms with Crippen LogP contribution in [0, 0.1) is 35.0 Å². The van der Waals surface area contributed by atoms with Gasteiger partial charge < -0.3 is 10.2 Å². The third-order valence-electron chi connectivity index (χ3n) is 9.33. The molecule has 1 aromatic rings. The Kier molecular flexibility index (Phi) is 4.04. The molecule has 9 atom stereocenters. The Labute approximate surface area is 167 Å². The summed E-state index contributed by atoms with van der Waals surface area (Å²) >= 11 is 6.23. The highest BCUT2D eigenvalue weighted by molar-refractivity contribution is 6.29. The molecule has 0 amide bonds. The Morgan fingerprint density at radius 1 is 1.04 bits per heavy atom. The van der Waals surface area contributed by atoms with Crippen LogP contribution in [-0.2, 0) is 11.8 Å². The number of aliphatic hydroxyl groups is 2. The van der Waals surface area contributed by atoms with E-state index in [1.165, 1.54) is 18.4 Å². The molecule has 0 radical (unpaired) electrons. The molecule has 3 fully saturated rings. The highest BCUT2D eigenvalue weighted by atomic mass is 35.5. The highest BCUT2D eigenvalue weighted by Crippen LogP contribution is 2.65. The van der Waals surface area contributed by atoms with Crippen LogP contribution in [0.15, 0.2) is 12.1 Å². The monoisotopic (exact) mass is 389 g/mol. The first-order valence-corrected chi connectivity index (χ1v) is 11.2. The van der Waals surface area contributed by atoms with Crippen LogP contribution in [0.2, 0.25) is 5.15 Å². The zero-order chi connectivity index (χ0) is 19.1. The first-order chi connectivity index (χ1) is 12.8. The third-order valence-corrected chi connectivity index (χ3v) is 9.54. The first-order valence-electron chi connectivity index (χ1n) is 10.8. The predicted molar refractivity (Wildman–Crippen MR) is 107 cm³/mol. The van der Waals surface area contributed by atoms with Crippen LogP contribution in [0.3, 0.4) is 0 Å². The lowest BCUT2D eigenvalue weighted by atomic mass is 9.43. The van der Waals surface area contributed by atoms with Crippen molar-refractivity contribution < 1.29 is 10.2 Å². The van der Waals surface area contributed by atoms with Crippen molar-refractivity contribution in [2.24, 2.45) is 35.0 Å². The molecule has 4 heteroatoms. The van der Waals surface area contributed by atoms with E-state index in [9.17, 15) is 10.2 Å². The number of aromatic nitrogens is 1. The lowest BCUT2D eigenvalue weighted by Crippen LogP contribution is -2.64. The number of aliphatic hydroxyl groups excluding tert-OH is 2. The van der Waals surface area contributed by atoms with Gasteiger partial charge in [0.1, 0.15) is 5.15 Å². The maximum absolute atomic E-state index is 11.3. The predicted octanol–water partition coefficient (Wildman–Crippen LogP) is 4.37. The summed E-state index contributed by atoms with van der Waals surface area (Å²) in [6, 6.07) is 4.02. The number of hydrogen-bond donors (Lipinski definition) is 2. The maximum atomic E-state index is 11.3. The second kappa shape index (κ2) is 5.93. The van der Waals surface area contributed by atoms with Gasteiger partial charge in [-0.25, -0.2) is 4.98 Å². The molecule has 4 aliphatic carbocycles. The molecule has 4 aliphatic rings. The van der Waals surface area contributed by atoms with E-state index in [0.29, 0.717) is 22.9 Å². The van der Waals surface area contributed by atoms with Gasteiger partial charge in [0.2, 0.25) is 0 Å². The Morgan fingerprint density at radius 2 is 1.81 bits per heavy atom. The van der Waals surface area contributed by atoms with Crippen molar-refractivity contribution in [2.45, 2.75) is 76.9 Å². The Hall–Kier alpha value is -0.640. The Balaban J connectivity index is 1.56. The zero-order valence-corrected chi connectivity index (χ0v) is 17.4. The van der Waals surface area contributed by atoms with Gasteiger partial charge in [0, 0.05) is 5.41 Å². The number of fused-ring (bicyclic) bond motifs is 7. The minimum atomic E-state index is -0.618. The highest BCUT2D eigenvalue weighted by Gasteiger charge is 2.64. The molecule has 148 valence electrons. The average molecular weight is 390 g/mol. The van der Waals surface area contributed by atoms with Crippen LogP contribution in [0.1, 0.15) is 64.1 Å². The summed E-state index contributed by atoms with van der Waals surface area (Å²) in [7, 11) is 0. The van der Waals surface area contributed by atoms with Crippen LogP contribution in [0.25, 0.3) is 0 Å². The summed E-state index contributed by atoms with van der Waals surface area (Å²) in [5, 5.41) is 23.0. The van der Waals surface area contributed by atoms with Gasteiger partial charge in [-0.1, -0.05) is 44.9 Å². The summed E-state index contributed by atoms with van der Waals surface area (Å²) in [5.74, 6) is 1.88. The second-order valence-corrected chi connectivity index (χ2v) is 11.0. The van der Waals surface area contributed by atoms with Crippen LogP contribution >= 0.6 is 11.6 Å². The number of nitrogens with zero attached hydrogens (tertiary/aromatic N) is 1. The first kappa shape index (κ1) is 18.4. The van der Waals surface area contributed by atoms with Crippen LogP contribution in [0.5, 0.6) is 0 Å². The largest absolute Gasteiger partial charge is 0.390 e. The van der Waals surface area contributed by atoms with E-state index in [1.807, 2.05) is 6.07 Å². The van der Waals surface area contributed by atoms with Crippen molar-refractivity contribution >= 4 is 11.6 Å². The molecule has 3 nitrogen and oxygen atoms in total. The molecule has 2 N–H and O–H groups in total. The van der Waals surface area contributed by atoms with Crippen molar-refractivity contribution in [1.29, 1.82) is 0 Å². The fourth-order valence-electron chi connectivity index (χ4n) is 7.82. The van der Waals surface area contributed by atoms with Gasteiger partial charge in [-0.2, -0.15) is 0 Å². The van der Waals surface area contributed by atoms with Gasteiger partial charge in [-0.05, 0) is 78.7 Å². The molecule has 1 unspecified atom stereocenters. The standard InChI is InChI=1S/C23H32ClNO2/c1-12-6-8-22(2)14-7-9-23(3)15(11-13-4-5-17(24)25-21(13)23)18(14)20(27)19(26)16(22)10-12/h4-5,12,14-16,18-20,26-27H,6-11H2,1-3H3/t12-,14-,15-,16+,18?,19+,20+,22+,23-/m0/s1. The van der Waals surface area contributed by atoms with Gasteiger partial charge in [0.15, 0.2) is 0 Å². The molecule has 0 bridgehead atoms. The average Bonchev–Trinajstić information content (AvgIpc) is 2.93. The van der Waals surface area contributed by atoms with Gasteiger partial charge in [0.25, 0.3) is 0 Å². The van der Waals surface area contributed by atoms with E-state index in [0.717, 1.165) is 31.4 Å². The quantitative estimate of drug-likeness (QED) is 0.648. The number of hydrogen-bond acceptors (Lipinski definition) is 3. The van der Waals surface area contributed by atoms with Gasteiger partial charge in [0.05, 0.1) is 17.9 Å². The number of rotatable bonds is 0.